The summed E-state index contributed by atoms with van der Waals surface area (Å²) in [6, 6.07) is 10.7. The van der Waals surface area contributed by atoms with Crippen LogP contribution in [0.1, 0.15) is 17.3 Å². The molecule has 2 aromatic carbocycles. The summed E-state index contributed by atoms with van der Waals surface area (Å²) >= 11 is 0. The number of hydrogen-bond donors (Lipinski definition) is 0. The summed E-state index contributed by atoms with van der Waals surface area (Å²) in [7, 11) is -4.33. The highest BCUT2D eigenvalue weighted by molar-refractivity contribution is 7.89. The van der Waals surface area contributed by atoms with Crippen molar-refractivity contribution in [1.82, 2.24) is 8.87 Å². The molecule has 1 aliphatic heterocycles. The van der Waals surface area contributed by atoms with Crippen molar-refractivity contribution in [2.45, 2.75) is 17.5 Å². The molecule has 0 aliphatic carbocycles. The normalized spacial score (nSPS) is 17.7. The molecule has 8 heteroatoms. The third-order valence-corrected chi connectivity index (χ3v) is 6.57. The number of nitrogens with zero attached hydrogens (tertiary/aromatic N) is 2. The lowest BCUT2D eigenvalue weighted by molar-refractivity contribution is 0.292. The minimum Gasteiger partial charge on any atom is -0.348 e. The molecule has 0 saturated carbocycles. The molecule has 1 aromatic heterocycles. The van der Waals surface area contributed by atoms with E-state index in [4.69, 9.17) is 0 Å². The van der Waals surface area contributed by atoms with E-state index in [0.717, 1.165) is 16.4 Å². The van der Waals surface area contributed by atoms with Crippen LogP contribution >= 0.6 is 0 Å². The van der Waals surface area contributed by atoms with Gasteiger partial charge in [-0.2, -0.15) is 4.31 Å². The van der Waals surface area contributed by atoms with Gasteiger partial charge in [0.2, 0.25) is 10.0 Å². The fourth-order valence-electron chi connectivity index (χ4n) is 3.44. The van der Waals surface area contributed by atoms with Crippen molar-refractivity contribution >= 4 is 10.0 Å². The molecule has 0 amide bonds. The fourth-order valence-corrected chi connectivity index (χ4v) is 5.06. The molecule has 4 nitrogen and oxygen atoms in total. The average Bonchev–Trinajstić information content (AvgIpc) is 3.10. The van der Waals surface area contributed by atoms with Gasteiger partial charge in [0, 0.05) is 36.6 Å². The van der Waals surface area contributed by atoms with Crippen LogP contribution in [0.5, 0.6) is 0 Å². The number of benzene rings is 2. The van der Waals surface area contributed by atoms with Gasteiger partial charge in [-0.05, 0) is 30.3 Å². The summed E-state index contributed by atoms with van der Waals surface area (Å²) in [4.78, 5) is -0.634. The van der Waals surface area contributed by atoms with Crippen LogP contribution in [0, 0.1) is 17.5 Å². The predicted molar refractivity (Wildman–Crippen MR) is 92.9 cm³/mol. The van der Waals surface area contributed by atoms with Gasteiger partial charge in [-0.1, -0.05) is 18.2 Å². The van der Waals surface area contributed by atoms with Crippen LogP contribution in [-0.4, -0.2) is 23.8 Å². The van der Waals surface area contributed by atoms with E-state index >= 15 is 0 Å². The quantitative estimate of drug-likeness (QED) is 0.682. The second kappa shape index (κ2) is 6.54. The molecule has 0 bridgehead atoms. The summed E-state index contributed by atoms with van der Waals surface area (Å²) in [5.74, 6) is -2.61. The maximum atomic E-state index is 14.5. The first-order chi connectivity index (χ1) is 12.9. The zero-order valence-corrected chi connectivity index (χ0v) is 14.8. The third kappa shape index (κ3) is 2.94. The first-order valence-electron chi connectivity index (χ1n) is 8.26. The van der Waals surface area contributed by atoms with Crippen molar-refractivity contribution in [3.8, 4) is 0 Å². The smallest absolute Gasteiger partial charge is 0.246 e. The molecule has 140 valence electrons. The summed E-state index contributed by atoms with van der Waals surface area (Å²) in [5, 5.41) is 0. The zero-order valence-electron chi connectivity index (χ0n) is 14.0. The van der Waals surface area contributed by atoms with Gasteiger partial charge in [-0.3, -0.25) is 0 Å². The van der Waals surface area contributed by atoms with Gasteiger partial charge in [-0.25, -0.2) is 21.6 Å². The SMILES string of the molecule is O=S(=O)(c1ccc(F)cc1F)N1CCn2cccc2[C@@H]1c1ccccc1F. The highest BCUT2D eigenvalue weighted by Crippen LogP contribution is 2.37. The molecule has 3 aromatic rings. The number of hydrogen-bond acceptors (Lipinski definition) is 2. The standard InChI is InChI=1S/C19H15F3N2O2S/c20-13-7-8-18(16(22)12-13)27(25,26)24-11-10-23-9-3-6-17(23)19(24)14-4-1-2-5-15(14)21/h1-9,12,19H,10-11H2/t19-/m0/s1. The Morgan fingerprint density at radius 1 is 0.889 bits per heavy atom. The van der Waals surface area contributed by atoms with E-state index in [1.54, 1.807) is 24.4 Å². The monoisotopic (exact) mass is 392 g/mol. The Morgan fingerprint density at radius 3 is 2.41 bits per heavy atom. The van der Waals surface area contributed by atoms with E-state index in [-0.39, 0.29) is 12.1 Å². The molecule has 0 fully saturated rings. The molecule has 4 rings (SSSR count). The molecule has 0 spiro atoms. The maximum absolute atomic E-state index is 14.5. The molecule has 0 radical (unpaired) electrons. The molecule has 1 atom stereocenters. The summed E-state index contributed by atoms with van der Waals surface area (Å²) in [6.07, 6.45) is 1.78. The van der Waals surface area contributed by atoms with Crippen molar-refractivity contribution < 1.29 is 21.6 Å². The van der Waals surface area contributed by atoms with Gasteiger partial charge in [0.1, 0.15) is 22.3 Å². The Labute approximate surface area is 154 Å². The van der Waals surface area contributed by atoms with Crippen LogP contribution in [0.4, 0.5) is 13.2 Å². The number of rotatable bonds is 3. The highest BCUT2D eigenvalue weighted by atomic mass is 32.2. The van der Waals surface area contributed by atoms with E-state index in [1.165, 1.54) is 18.2 Å². The van der Waals surface area contributed by atoms with Gasteiger partial charge in [-0.15, -0.1) is 0 Å². The van der Waals surface area contributed by atoms with E-state index in [9.17, 15) is 21.6 Å². The summed E-state index contributed by atoms with van der Waals surface area (Å²) in [6.45, 7) is 0.370. The Balaban J connectivity index is 1.89. The van der Waals surface area contributed by atoms with E-state index in [0.29, 0.717) is 18.3 Å². The Morgan fingerprint density at radius 2 is 1.67 bits per heavy atom. The van der Waals surface area contributed by atoms with E-state index in [2.05, 4.69) is 0 Å². The lowest BCUT2D eigenvalue weighted by atomic mass is 10.0. The molecular formula is C19H15F3N2O2S. The van der Waals surface area contributed by atoms with E-state index in [1.807, 2.05) is 4.57 Å². The molecule has 0 unspecified atom stereocenters. The largest absolute Gasteiger partial charge is 0.348 e. The van der Waals surface area contributed by atoms with E-state index < -0.39 is 38.4 Å². The van der Waals surface area contributed by atoms with Crippen LogP contribution in [0.15, 0.2) is 65.7 Å². The second-order valence-corrected chi connectivity index (χ2v) is 8.10. The van der Waals surface area contributed by atoms with Crippen LogP contribution < -0.4 is 0 Å². The first kappa shape index (κ1) is 17.8. The van der Waals surface area contributed by atoms with Gasteiger partial charge >= 0.3 is 0 Å². The van der Waals surface area contributed by atoms with Gasteiger partial charge in [0.25, 0.3) is 0 Å². The molecular weight excluding hydrogens is 377 g/mol. The third-order valence-electron chi connectivity index (χ3n) is 4.67. The highest BCUT2D eigenvalue weighted by Gasteiger charge is 2.39. The maximum Gasteiger partial charge on any atom is 0.246 e. The lowest BCUT2D eigenvalue weighted by Crippen LogP contribution is -2.42. The minimum atomic E-state index is -4.33. The average molecular weight is 392 g/mol. The van der Waals surface area contributed by atoms with Gasteiger partial charge < -0.3 is 4.57 Å². The Kier molecular flexibility index (Phi) is 4.32. The van der Waals surface area contributed by atoms with Gasteiger partial charge in [0.15, 0.2) is 0 Å². The number of aromatic nitrogens is 1. The number of halogens is 3. The number of sulfonamides is 1. The van der Waals surface area contributed by atoms with Crippen molar-refractivity contribution in [1.29, 1.82) is 0 Å². The molecule has 0 N–H and O–H groups in total. The molecule has 27 heavy (non-hydrogen) atoms. The Bertz CT molecular complexity index is 1110. The van der Waals surface area contributed by atoms with Crippen molar-refractivity contribution in [2.75, 3.05) is 6.54 Å². The van der Waals surface area contributed by atoms with Crippen molar-refractivity contribution in [3.63, 3.8) is 0 Å². The van der Waals surface area contributed by atoms with Crippen LogP contribution in [-0.2, 0) is 16.6 Å². The minimum absolute atomic E-state index is 0.0276. The lowest BCUT2D eigenvalue weighted by Gasteiger charge is -2.36. The van der Waals surface area contributed by atoms with Crippen LogP contribution in [0.2, 0.25) is 0 Å². The van der Waals surface area contributed by atoms with Crippen molar-refractivity contribution in [2.24, 2.45) is 0 Å². The number of fused-ring (bicyclic) bond motifs is 1. The molecule has 2 heterocycles. The van der Waals surface area contributed by atoms with Crippen molar-refractivity contribution in [3.05, 3.63) is 89.5 Å². The molecule has 1 aliphatic rings. The van der Waals surface area contributed by atoms with Crippen LogP contribution in [0.25, 0.3) is 0 Å². The zero-order chi connectivity index (χ0) is 19.2. The molecule has 0 saturated heterocycles. The fraction of sp³-hybridized carbons (Fsp3) is 0.158. The van der Waals surface area contributed by atoms with Crippen LogP contribution in [0.3, 0.4) is 0 Å². The summed E-state index contributed by atoms with van der Waals surface area (Å²) in [5.41, 5.74) is 0.751. The second-order valence-electron chi connectivity index (χ2n) is 6.24. The Hall–Kier alpha value is -2.58. The topological polar surface area (TPSA) is 42.3 Å². The summed E-state index contributed by atoms with van der Waals surface area (Å²) < 4.78 is 71.2. The predicted octanol–water partition coefficient (Wildman–Crippen LogP) is 3.70. The van der Waals surface area contributed by atoms with Gasteiger partial charge in [0.05, 0.1) is 6.04 Å². The first-order valence-corrected chi connectivity index (χ1v) is 9.70.